The van der Waals surface area contributed by atoms with Crippen molar-refractivity contribution in [3.8, 4) is 0 Å². The minimum atomic E-state index is -3.55. The number of aryl methyl sites for hydroxylation is 1. The zero-order chi connectivity index (χ0) is 21.4. The summed E-state index contributed by atoms with van der Waals surface area (Å²) in [6.45, 7) is 6.70. The molecule has 0 N–H and O–H groups in total. The van der Waals surface area contributed by atoms with Gasteiger partial charge in [-0.25, -0.2) is 13.4 Å². The van der Waals surface area contributed by atoms with Crippen LogP contribution in [0.2, 0.25) is 0 Å². The van der Waals surface area contributed by atoms with Gasteiger partial charge in [-0.3, -0.25) is 0 Å². The third-order valence-electron chi connectivity index (χ3n) is 6.66. The van der Waals surface area contributed by atoms with Crippen molar-refractivity contribution in [2.24, 2.45) is 0 Å². The molecular weight excluding hydrogens is 410 g/mol. The molecule has 31 heavy (non-hydrogen) atoms. The molecule has 0 atom stereocenters. The summed E-state index contributed by atoms with van der Waals surface area (Å²) in [6, 6.07) is 7.17. The van der Waals surface area contributed by atoms with Crippen LogP contribution in [0.5, 0.6) is 0 Å². The van der Waals surface area contributed by atoms with E-state index < -0.39 is 10.0 Å². The Bertz CT molecular complexity index is 1060. The molecule has 2 aromatic rings. The Morgan fingerprint density at radius 2 is 1.58 bits per heavy atom. The molecule has 7 nitrogen and oxygen atoms in total. The molecule has 0 spiro atoms. The summed E-state index contributed by atoms with van der Waals surface area (Å²) in [5.41, 5.74) is 2.96. The molecular formula is C23H31N5O2S. The van der Waals surface area contributed by atoms with E-state index in [4.69, 9.17) is 9.97 Å². The summed E-state index contributed by atoms with van der Waals surface area (Å²) >= 11 is 0. The molecule has 0 aliphatic carbocycles. The fraction of sp³-hybridized carbons (Fsp3) is 0.565. The van der Waals surface area contributed by atoms with Crippen molar-refractivity contribution >= 4 is 21.8 Å². The first kappa shape index (κ1) is 20.7. The second-order valence-corrected chi connectivity index (χ2v) is 10.9. The molecule has 1 aromatic carbocycles. The van der Waals surface area contributed by atoms with Crippen LogP contribution >= 0.6 is 0 Å². The largest absolute Gasteiger partial charge is 0.356 e. The normalized spacial score (nSPS) is 20.2. The van der Waals surface area contributed by atoms with E-state index in [-0.39, 0.29) is 0 Å². The lowest BCUT2D eigenvalue weighted by molar-refractivity contribution is 0.386. The molecule has 2 saturated heterocycles. The van der Waals surface area contributed by atoms with Crippen LogP contribution in [0.25, 0.3) is 0 Å². The molecule has 3 aliphatic heterocycles. The van der Waals surface area contributed by atoms with Crippen LogP contribution in [0, 0.1) is 6.92 Å². The van der Waals surface area contributed by atoms with Gasteiger partial charge in [0.1, 0.15) is 5.82 Å². The number of piperidine rings is 1. The highest BCUT2D eigenvalue weighted by molar-refractivity contribution is 7.89. The Morgan fingerprint density at radius 1 is 0.871 bits per heavy atom. The molecule has 0 saturated carbocycles. The Morgan fingerprint density at radius 3 is 2.32 bits per heavy atom. The lowest BCUT2D eigenvalue weighted by Crippen LogP contribution is -2.39. The molecule has 3 aliphatic rings. The maximum atomic E-state index is 13.4. The van der Waals surface area contributed by atoms with Crippen LogP contribution < -0.4 is 9.80 Å². The molecule has 166 valence electrons. The Hall–Kier alpha value is -2.19. The van der Waals surface area contributed by atoms with Crippen molar-refractivity contribution < 1.29 is 8.42 Å². The molecule has 8 heteroatoms. The summed E-state index contributed by atoms with van der Waals surface area (Å²) in [5, 5.41) is 0. The number of anilines is 2. The monoisotopic (exact) mass is 441 g/mol. The second-order valence-electron chi connectivity index (χ2n) is 8.92. The van der Waals surface area contributed by atoms with Gasteiger partial charge < -0.3 is 9.80 Å². The van der Waals surface area contributed by atoms with Gasteiger partial charge in [0.05, 0.1) is 10.6 Å². The summed E-state index contributed by atoms with van der Waals surface area (Å²) in [5.74, 6) is 1.78. The number of nitrogens with zero attached hydrogens (tertiary/aromatic N) is 5. The van der Waals surface area contributed by atoms with Crippen LogP contribution in [-0.4, -0.2) is 55.4 Å². The minimum absolute atomic E-state index is 0.345. The minimum Gasteiger partial charge on any atom is -0.356 e. The number of fused-ring (bicyclic) bond motifs is 1. The number of rotatable bonds is 4. The molecule has 0 radical (unpaired) electrons. The van der Waals surface area contributed by atoms with Gasteiger partial charge in [-0.1, -0.05) is 12.1 Å². The lowest BCUT2D eigenvalue weighted by atomic mass is 10.1. The van der Waals surface area contributed by atoms with Crippen molar-refractivity contribution in [2.45, 2.75) is 56.9 Å². The van der Waals surface area contributed by atoms with Crippen molar-refractivity contribution in [1.29, 1.82) is 0 Å². The molecule has 0 amide bonds. The van der Waals surface area contributed by atoms with E-state index in [1.807, 2.05) is 19.1 Å². The van der Waals surface area contributed by atoms with Gasteiger partial charge in [0.15, 0.2) is 0 Å². The maximum Gasteiger partial charge on any atom is 0.243 e. The number of aromatic nitrogens is 2. The predicted octanol–water partition coefficient (Wildman–Crippen LogP) is 3.12. The van der Waals surface area contributed by atoms with E-state index in [2.05, 4.69) is 9.80 Å². The van der Waals surface area contributed by atoms with E-state index in [1.165, 1.54) is 19.3 Å². The summed E-state index contributed by atoms with van der Waals surface area (Å²) in [4.78, 5) is 15.0. The highest BCUT2D eigenvalue weighted by Crippen LogP contribution is 2.33. The molecule has 0 unspecified atom stereocenters. The van der Waals surface area contributed by atoms with E-state index in [1.54, 1.807) is 16.4 Å². The zero-order valence-corrected chi connectivity index (χ0v) is 19.1. The second kappa shape index (κ2) is 8.39. The predicted molar refractivity (Wildman–Crippen MR) is 122 cm³/mol. The SMILES string of the molecule is Cc1cccc(S(=O)(=O)N2CCc3nc(N4CCCCC4)nc(N4CCCC4)c3C2)c1. The van der Waals surface area contributed by atoms with Crippen molar-refractivity contribution in [2.75, 3.05) is 42.5 Å². The number of sulfonamides is 1. The highest BCUT2D eigenvalue weighted by Gasteiger charge is 2.33. The number of benzene rings is 1. The smallest absolute Gasteiger partial charge is 0.243 e. The molecule has 4 heterocycles. The van der Waals surface area contributed by atoms with Crippen molar-refractivity contribution in [1.82, 2.24) is 14.3 Å². The van der Waals surface area contributed by atoms with Gasteiger partial charge in [-0.05, 0) is 56.7 Å². The third kappa shape index (κ3) is 4.03. The van der Waals surface area contributed by atoms with Gasteiger partial charge in [0, 0.05) is 51.3 Å². The zero-order valence-electron chi connectivity index (χ0n) is 18.3. The molecule has 0 bridgehead atoms. The van der Waals surface area contributed by atoms with Gasteiger partial charge in [0.2, 0.25) is 16.0 Å². The van der Waals surface area contributed by atoms with E-state index >= 15 is 0 Å². The lowest BCUT2D eigenvalue weighted by Gasteiger charge is -2.33. The van der Waals surface area contributed by atoms with Crippen molar-refractivity contribution in [3.63, 3.8) is 0 Å². The number of hydrogen-bond donors (Lipinski definition) is 0. The Labute approximate surface area is 185 Å². The topological polar surface area (TPSA) is 69.6 Å². The van der Waals surface area contributed by atoms with Gasteiger partial charge in [-0.15, -0.1) is 0 Å². The summed E-state index contributed by atoms with van der Waals surface area (Å²) in [7, 11) is -3.55. The molecule has 5 rings (SSSR count). The van der Waals surface area contributed by atoms with Crippen LogP contribution in [0.15, 0.2) is 29.2 Å². The Balaban J connectivity index is 1.51. The van der Waals surface area contributed by atoms with Gasteiger partial charge >= 0.3 is 0 Å². The quantitative estimate of drug-likeness (QED) is 0.726. The average Bonchev–Trinajstić information content (AvgIpc) is 3.33. The van der Waals surface area contributed by atoms with Crippen LogP contribution in [0.3, 0.4) is 0 Å². The van der Waals surface area contributed by atoms with Crippen LogP contribution in [-0.2, 0) is 23.0 Å². The van der Waals surface area contributed by atoms with E-state index in [0.717, 1.165) is 67.6 Å². The van der Waals surface area contributed by atoms with E-state index in [9.17, 15) is 8.42 Å². The third-order valence-corrected chi connectivity index (χ3v) is 8.50. The van der Waals surface area contributed by atoms with E-state index in [0.29, 0.717) is 24.4 Å². The maximum absolute atomic E-state index is 13.4. The fourth-order valence-corrected chi connectivity index (χ4v) is 6.43. The van der Waals surface area contributed by atoms with Crippen LogP contribution in [0.1, 0.15) is 48.9 Å². The first-order valence-electron chi connectivity index (χ1n) is 11.5. The first-order valence-corrected chi connectivity index (χ1v) is 12.9. The molecule has 1 aromatic heterocycles. The van der Waals surface area contributed by atoms with Gasteiger partial charge in [0.25, 0.3) is 0 Å². The fourth-order valence-electron chi connectivity index (χ4n) is 4.92. The standard InChI is InChI=1S/C23H31N5O2S/c1-18-8-7-9-19(16-18)31(29,30)28-15-10-21-20(17-28)22(26-11-5-6-12-26)25-23(24-21)27-13-3-2-4-14-27/h7-9,16H,2-6,10-15,17H2,1H3. The summed E-state index contributed by atoms with van der Waals surface area (Å²) < 4.78 is 28.3. The summed E-state index contributed by atoms with van der Waals surface area (Å²) in [6.07, 6.45) is 6.58. The Kier molecular flexibility index (Phi) is 5.60. The highest BCUT2D eigenvalue weighted by atomic mass is 32.2. The average molecular weight is 442 g/mol. The first-order chi connectivity index (χ1) is 15.0. The van der Waals surface area contributed by atoms with Gasteiger partial charge in [-0.2, -0.15) is 9.29 Å². The van der Waals surface area contributed by atoms with Crippen molar-refractivity contribution in [3.05, 3.63) is 41.1 Å². The van der Waals surface area contributed by atoms with Crippen LogP contribution in [0.4, 0.5) is 11.8 Å². The molecule has 2 fully saturated rings. The number of hydrogen-bond acceptors (Lipinski definition) is 6.